The number of amides is 1. The van der Waals surface area contributed by atoms with Crippen LogP contribution >= 0.6 is 0 Å². The highest BCUT2D eigenvalue weighted by molar-refractivity contribution is 5.78. The van der Waals surface area contributed by atoms with Crippen molar-refractivity contribution in [1.82, 2.24) is 5.32 Å². The number of hydrogen-bond acceptors (Lipinski definition) is 5. The van der Waals surface area contributed by atoms with Gasteiger partial charge in [0.1, 0.15) is 5.75 Å². The molecular formula is C19H22N2O5. The second-order valence-electron chi connectivity index (χ2n) is 5.76. The Bertz CT molecular complexity index is 774. The molecule has 0 aromatic heterocycles. The van der Waals surface area contributed by atoms with Crippen molar-refractivity contribution >= 4 is 11.6 Å². The van der Waals surface area contributed by atoms with E-state index in [1.807, 2.05) is 31.2 Å². The molecule has 0 aliphatic heterocycles. The third-order valence-corrected chi connectivity index (χ3v) is 3.99. The molecule has 0 saturated heterocycles. The minimum Gasteiger partial charge on any atom is -0.496 e. The number of carbonyl (C=O) groups excluding carboxylic acids is 1. The molecule has 1 unspecified atom stereocenters. The number of aryl methyl sites for hydroxylation is 1. The van der Waals surface area contributed by atoms with E-state index in [4.69, 9.17) is 9.47 Å². The predicted molar refractivity (Wildman–Crippen MR) is 97.5 cm³/mol. The molecule has 0 bridgehead atoms. The predicted octanol–water partition coefficient (Wildman–Crippen LogP) is 3.42. The van der Waals surface area contributed by atoms with E-state index in [9.17, 15) is 14.9 Å². The Kier molecular flexibility index (Phi) is 6.54. The Labute approximate surface area is 152 Å². The fraction of sp³-hybridized carbons (Fsp3) is 0.316. The third kappa shape index (κ3) is 4.95. The molecule has 0 aliphatic carbocycles. The van der Waals surface area contributed by atoms with Crippen LogP contribution in [-0.4, -0.2) is 24.5 Å². The fourth-order valence-electron chi connectivity index (χ4n) is 2.44. The first-order valence-electron chi connectivity index (χ1n) is 8.28. The molecular weight excluding hydrogens is 336 g/mol. The molecule has 2 aromatic carbocycles. The molecule has 1 N–H and O–H groups in total. The highest BCUT2D eigenvalue weighted by atomic mass is 16.6. The lowest BCUT2D eigenvalue weighted by Gasteiger charge is -2.15. The molecule has 7 nitrogen and oxygen atoms in total. The van der Waals surface area contributed by atoms with Gasteiger partial charge in [0, 0.05) is 0 Å². The minimum atomic E-state index is -0.576. The molecule has 7 heteroatoms. The van der Waals surface area contributed by atoms with E-state index >= 15 is 0 Å². The summed E-state index contributed by atoms with van der Waals surface area (Å²) in [5.74, 6) is 0.00531. The van der Waals surface area contributed by atoms with Gasteiger partial charge in [-0.25, -0.2) is 0 Å². The van der Waals surface area contributed by atoms with Crippen molar-refractivity contribution in [1.29, 1.82) is 0 Å². The van der Waals surface area contributed by atoms with Crippen LogP contribution in [0.25, 0.3) is 0 Å². The summed E-state index contributed by atoms with van der Waals surface area (Å²) in [4.78, 5) is 22.6. The quantitative estimate of drug-likeness (QED) is 0.577. The molecule has 0 fully saturated rings. The lowest BCUT2D eigenvalue weighted by atomic mass is 10.1. The lowest BCUT2D eigenvalue weighted by Crippen LogP contribution is -2.31. The highest BCUT2D eigenvalue weighted by Gasteiger charge is 2.18. The van der Waals surface area contributed by atoms with Gasteiger partial charge in [-0.1, -0.05) is 31.2 Å². The van der Waals surface area contributed by atoms with Crippen LogP contribution in [0, 0.1) is 10.1 Å². The second-order valence-corrected chi connectivity index (χ2v) is 5.76. The first-order valence-corrected chi connectivity index (χ1v) is 8.28. The molecule has 1 atom stereocenters. The Morgan fingerprint density at radius 2 is 1.92 bits per heavy atom. The van der Waals surface area contributed by atoms with Gasteiger partial charge in [-0.2, -0.15) is 0 Å². The number of nitrogens with zero attached hydrogens (tertiary/aromatic N) is 1. The van der Waals surface area contributed by atoms with E-state index in [0.717, 1.165) is 12.0 Å². The molecule has 0 aliphatic rings. The Morgan fingerprint density at radius 1 is 1.23 bits per heavy atom. The van der Waals surface area contributed by atoms with Crippen LogP contribution in [0.2, 0.25) is 0 Å². The van der Waals surface area contributed by atoms with Crippen molar-refractivity contribution in [3.63, 3.8) is 0 Å². The van der Waals surface area contributed by atoms with Gasteiger partial charge in [-0.3, -0.25) is 14.9 Å². The van der Waals surface area contributed by atoms with E-state index in [1.54, 1.807) is 0 Å². The Balaban J connectivity index is 1.96. The smallest absolute Gasteiger partial charge is 0.314 e. The Hall–Kier alpha value is -3.09. The number of benzene rings is 2. The number of nitro groups is 1. The number of hydrogen-bond donors (Lipinski definition) is 1. The summed E-state index contributed by atoms with van der Waals surface area (Å²) < 4.78 is 10.3. The van der Waals surface area contributed by atoms with Crippen LogP contribution in [0.1, 0.15) is 31.0 Å². The van der Waals surface area contributed by atoms with Crippen molar-refractivity contribution in [3.05, 3.63) is 63.7 Å². The standard InChI is InChI=1S/C19H22N2O5/c1-4-14-5-7-15(8-6-14)13(2)20-19(22)12-26-18-10-9-16(25-3)11-17(18)21(23)24/h5-11,13H,4,12H2,1-3H3,(H,20,22). The van der Waals surface area contributed by atoms with Gasteiger partial charge in [0.2, 0.25) is 0 Å². The maximum absolute atomic E-state index is 12.1. The summed E-state index contributed by atoms with van der Waals surface area (Å²) in [7, 11) is 1.42. The number of methoxy groups -OCH3 is 1. The average Bonchev–Trinajstić information content (AvgIpc) is 2.66. The van der Waals surface area contributed by atoms with Crippen LogP contribution < -0.4 is 14.8 Å². The fourth-order valence-corrected chi connectivity index (χ4v) is 2.44. The number of nitrogens with one attached hydrogen (secondary N) is 1. The van der Waals surface area contributed by atoms with Crippen molar-refractivity contribution in [2.45, 2.75) is 26.3 Å². The van der Waals surface area contributed by atoms with Gasteiger partial charge in [0.15, 0.2) is 12.4 Å². The van der Waals surface area contributed by atoms with E-state index in [-0.39, 0.29) is 30.0 Å². The van der Waals surface area contributed by atoms with Crippen LogP contribution in [0.3, 0.4) is 0 Å². The van der Waals surface area contributed by atoms with Crippen molar-refractivity contribution in [2.24, 2.45) is 0 Å². The van der Waals surface area contributed by atoms with Gasteiger partial charge >= 0.3 is 5.69 Å². The average molecular weight is 358 g/mol. The van der Waals surface area contributed by atoms with Crippen LogP contribution in [0.4, 0.5) is 5.69 Å². The zero-order valence-corrected chi connectivity index (χ0v) is 15.0. The molecule has 138 valence electrons. The van der Waals surface area contributed by atoms with E-state index in [2.05, 4.69) is 12.2 Å². The first kappa shape index (κ1) is 19.2. The largest absolute Gasteiger partial charge is 0.496 e. The van der Waals surface area contributed by atoms with E-state index in [0.29, 0.717) is 5.75 Å². The summed E-state index contributed by atoms with van der Waals surface area (Å²) in [5, 5.41) is 13.9. The van der Waals surface area contributed by atoms with Gasteiger partial charge < -0.3 is 14.8 Å². The summed E-state index contributed by atoms with van der Waals surface area (Å²) in [6.07, 6.45) is 0.954. The normalized spacial score (nSPS) is 11.5. The topological polar surface area (TPSA) is 90.7 Å². The summed E-state index contributed by atoms with van der Waals surface area (Å²) >= 11 is 0. The van der Waals surface area contributed by atoms with Gasteiger partial charge in [-0.15, -0.1) is 0 Å². The maximum Gasteiger partial charge on any atom is 0.314 e. The first-order chi connectivity index (χ1) is 12.4. The van der Waals surface area contributed by atoms with Gasteiger partial charge in [-0.05, 0) is 36.6 Å². The van der Waals surface area contributed by atoms with E-state index < -0.39 is 4.92 Å². The van der Waals surface area contributed by atoms with Crippen LogP contribution in [0.15, 0.2) is 42.5 Å². The number of nitro benzene ring substituents is 1. The molecule has 0 radical (unpaired) electrons. The number of ether oxygens (including phenoxy) is 2. The summed E-state index contributed by atoms with van der Waals surface area (Å²) in [6.45, 7) is 3.63. The minimum absolute atomic E-state index is 0.0194. The molecule has 2 aromatic rings. The molecule has 0 spiro atoms. The molecule has 1 amide bonds. The highest BCUT2D eigenvalue weighted by Crippen LogP contribution is 2.30. The number of carbonyl (C=O) groups is 1. The second kappa shape index (κ2) is 8.84. The third-order valence-electron chi connectivity index (χ3n) is 3.99. The number of rotatable bonds is 8. The van der Waals surface area contributed by atoms with Crippen molar-refractivity contribution < 1.29 is 19.2 Å². The SMILES string of the molecule is CCc1ccc(C(C)NC(=O)COc2ccc(OC)cc2[N+](=O)[O-])cc1. The summed E-state index contributed by atoms with van der Waals surface area (Å²) in [5.41, 5.74) is 1.95. The molecule has 0 heterocycles. The van der Waals surface area contributed by atoms with Crippen molar-refractivity contribution in [3.8, 4) is 11.5 Å². The molecule has 2 rings (SSSR count). The zero-order valence-electron chi connectivity index (χ0n) is 15.0. The van der Waals surface area contributed by atoms with E-state index in [1.165, 1.54) is 30.9 Å². The van der Waals surface area contributed by atoms with Gasteiger partial charge in [0.25, 0.3) is 5.91 Å². The monoisotopic (exact) mass is 358 g/mol. The zero-order chi connectivity index (χ0) is 19.1. The molecule has 26 heavy (non-hydrogen) atoms. The van der Waals surface area contributed by atoms with Crippen LogP contribution in [0.5, 0.6) is 11.5 Å². The van der Waals surface area contributed by atoms with Crippen molar-refractivity contribution in [2.75, 3.05) is 13.7 Å². The maximum atomic E-state index is 12.1. The Morgan fingerprint density at radius 3 is 2.50 bits per heavy atom. The van der Waals surface area contributed by atoms with Crippen LogP contribution in [-0.2, 0) is 11.2 Å². The van der Waals surface area contributed by atoms with Gasteiger partial charge in [0.05, 0.1) is 24.1 Å². The molecule has 0 saturated carbocycles. The lowest BCUT2D eigenvalue weighted by molar-refractivity contribution is -0.385. The summed E-state index contributed by atoms with van der Waals surface area (Å²) in [6, 6.07) is 12.0.